The Morgan fingerprint density at radius 2 is 1.50 bits per heavy atom. The molecule has 148 valence electrons. The largest absolute Gasteiger partial charge is 0.504 e. The van der Waals surface area contributed by atoms with Gasteiger partial charge in [0.25, 0.3) is 0 Å². The Kier molecular flexibility index (Phi) is 7.33. The van der Waals surface area contributed by atoms with Gasteiger partial charge in [-0.25, -0.2) is 4.79 Å². The molecule has 7 nitrogen and oxygen atoms in total. The molecule has 0 aromatic heterocycles. The molecule has 2 N–H and O–H groups in total. The van der Waals surface area contributed by atoms with Crippen molar-refractivity contribution >= 4 is 18.1 Å². The van der Waals surface area contributed by atoms with Gasteiger partial charge in [0.2, 0.25) is 5.75 Å². The normalized spacial score (nSPS) is 11.0. The van der Waals surface area contributed by atoms with Gasteiger partial charge in [0.1, 0.15) is 6.61 Å². The third kappa shape index (κ3) is 5.44. The van der Waals surface area contributed by atoms with E-state index in [0.717, 1.165) is 5.56 Å². The summed E-state index contributed by atoms with van der Waals surface area (Å²) in [5.74, 6) is 0.250. The number of hydrogen-bond donors (Lipinski definition) is 2. The van der Waals surface area contributed by atoms with E-state index in [1.165, 1.54) is 39.5 Å². The Balaban J connectivity index is 1.94. The van der Waals surface area contributed by atoms with Crippen LogP contribution in [0.15, 0.2) is 42.5 Å². The van der Waals surface area contributed by atoms with Crippen LogP contribution in [0.4, 0.5) is 0 Å². The summed E-state index contributed by atoms with van der Waals surface area (Å²) in [4.78, 5) is 11.8. The minimum Gasteiger partial charge on any atom is -0.504 e. The second kappa shape index (κ2) is 9.91. The maximum absolute atomic E-state index is 11.8. The predicted molar refractivity (Wildman–Crippen MR) is 105 cm³/mol. The van der Waals surface area contributed by atoms with E-state index in [0.29, 0.717) is 11.3 Å². The fraction of sp³-hybridized carbons (Fsp3) is 0.190. The molecule has 0 radical (unpaired) electrons. The van der Waals surface area contributed by atoms with E-state index in [2.05, 4.69) is 0 Å². The number of phenols is 2. The molecule has 2 aromatic carbocycles. The van der Waals surface area contributed by atoms with Crippen molar-refractivity contribution in [2.24, 2.45) is 0 Å². The number of carbonyl (C=O) groups is 1. The van der Waals surface area contributed by atoms with Gasteiger partial charge in [-0.15, -0.1) is 0 Å². The van der Waals surface area contributed by atoms with Crippen molar-refractivity contribution in [3.8, 4) is 28.7 Å². The maximum Gasteiger partial charge on any atom is 0.331 e. The first-order chi connectivity index (χ1) is 13.5. The van der Waals surface area contributed by atoms with Crippen LogP contribution in [0.3, 0.4) is 0 Å². The number of benzene rings is 2. The number of rotatable bonds is 8. The quantitative estimate of drug-likeness (QED) is 0.530. The lowest BCUT2D eigenvalue weighted by Crippen LogP contribution is -2.00. The van der Waals surface area contributed by atoms with Crippen molar-refractivity contribution in [3.05, 3.63) is 53.6 Å². The number of esters is 1. The highest BCUT2D eigenvalue weighted by molar-refractivity contribution is 5.87. The number of methoxy groups -OCH3 is 3. The monoisotopic (exact) mass is 386 g/mol. The first-order valence-corrected chi connectivity index (χ1v) is 8.31. The SMILES string of the molecule is COc1cc(/C=C/COC(=O)/C=C/c2cc(OC)c(O)c(OC)c2)ccc1O. The van der Waals surface area contributed by atoms with E-state index in [1.54, 1.807) is 36.4 Å². The van der Waals surface area contributed by atoms with E-state index in [4.69, 9.17) is 18.9 Å². The summed E-state index contributed by atoms with van der Waals surface area (Å²) in [6, 6.07) is 8.04. The van der Waals surface area contributed by atoms with Gasteiger partial charge in [-0.2, -0.15) is 0 Å². The summed E-state index contributed by atoms with van der Waals surface area (Å²) in [5, 5.41) is 19.4. The molecule has 0 unspecified atom stereocenters. The number of aromatic hydroxyl groups is 2. The molecule has 0 atom stereocenters. The van der Waals surface area contributed by atoms with E-state index < -0.39 is 5.97 Å². The molecule has 0 spiro atoms. The molecule has 0 bridgehead atoms. The standard InChI is InChI=1S/C21H22O7/c1-25-17-11-14(6-8-16(17)22)5-4-10-28-20(23)9-7-15-12-18(26-2)21(24)19(13-15)27-3/h4-9,11-13,22,24H,10H2,1-3H3/b5-4+,9-7+. The molecular weight excluding hydrogens is 364 g/mol. The Bertz CT molecular complexity index is 859. The van der Waals surface area contributed by atoms with E-state index >= 15 is 0 Å². The van der Waals surface area contributed by atoms with Gasteiger partial charge >= 0.3 is 5.97 Å². The molecule has 7 heteroatoms. The average molecular weight is 386 g/mol. The zero-order chi connectivity index (χ0) is 20.5. The number of carbonyl (C=O) groups excluding carboxylic acids is 1. The Hall–Kier alpha value is -3.61. The van der Waals surface area contributed by atoms with Gasteiger partial charge in [-0.1, -0.05) is 12.1 Å². The fourth-order valence-electron chi connectivity index (χ4n) is 2.33. The third-order valence-electron chi connectivity index (χ3n) is 3.75. The fourth-order valence-corrected chi connectivity index (χ4v) is 2.33. The molecule has 0 aliphatic heterocycles. The van der Waals surface area contributed by atoms with Crippen LogP contribution in [0.2, 0.25) is 0 Å². The van der Waals surface area contributed by atoms with Gasteiger partial charge in [-0.3, -0.25) is 0 Å². The first kappa shape index (κ1) is 20.7. The number of hydrogen-bond acceptors (Lipinski definition) is 7. The molecule has 0 fully saturated rings. The van der Waals surface area contributed by atoms with Crippen LogP contribution in [0.1, 0.15) is 11.1 Å². The first-order valence-electron chi connectivity index (χ1n) is 8.31. The van der Waals surface area contributed by atoms with Crippen LogP contribution < -0.4 is 14.2 Å². The second-order valence-electron chi connectivity index (χ2n) is 5.57. The topological polar surface area (TPSA) is 94.5 Å². The zero-order valence-corrected chi connectivity index (χ0v) is 15.8. The number of ether oxygens (including phenoxy) is 4. The van der Waals surface area contributed by atoms with Crippen molar-refractivity contribution in [2.45, 2.75) is 0 Å². The second-order valence-corrected chi connectivity index (χ2v) is 5.57. The van der Waals surface area contributed by atoms with Crippen molar-refractivity contribution < 1.29 is 34.0 Å². The molecular formula is C21H22O7. The van der Waals surface area contributed by atoms with Crippen LogP contribution in [0.25, 0.3) is 12.2 Å². The summed E-state index contributed by atoms with van der Waals surface area (Å²) in [6.07, 6.45) is 6.21. The maximum atomic E-state index is 11.8. The Morgan fingerprint density at radius 3 is 2.11 bits per heavy atom. The zero-order valence-electron chi connectivity index (χ0n) is 15.8. The Morgan fingerprint density at radius 1 is 0.893 bits per heavy atom. The van der Waals surface area contributed by atoms with E-state index in [1.807, 2.05) is 0 Å². The van der Waals surface area contributed by atoms with Crippen LogP contribution >= 0.6 is 0 Å². The minimum absolute atomic E-state index is 0.0544. The van der Waals surface area contributed by atoms with Gasteiger partial charge < -0.3 is 29.2 Å². The summed E-state index contributed by atoms with van der Waals surface area (Å²) < 4.78 is 20.3. The van der Waals surface area contributed by atoms with Gasteiger partial charge in [0.15, 0.2) is 23.0 Å². The van der Waals surface area contributed by atoms with Crippen molar-refractivity contribution in [1.29, 1.82) is 0 Å². The highest BCUT2D eigenvalue weighted by Gasteiger charge is 2.10. The predicted octanol–water partition coefficient (Wildman–Crippen LogP) is 3.39. The number of phenolic OH excluding ortho intramolecular Hbond substituents is 2. The lowest BCUT2D eigenvalue weighted by atomic mass is 10.1. The van der Waals surface area contributed by atoms with Crippen LogP contribution in [0, 0.1) is 0 Å². The van der Waals surface area contributed by atoms with E-state index in [-0.39, 0.29) is 29.6 Å². The lowest BCUT2D eigenvalue weighted by molar-refractivity contribution is -0.136. The summed E-state index contributed by atoms with van der Waals surface area (Å²) in [7, 11) is 4.31. The molecule has 0 aliphatic carbocycles. The van der Waals surface area contributed by atoms with Crippen molar-refractivity contribution in [3.63, 3.8) is 0 Å². The molecule has 28 heavy (non-hydrogen) atoms. The lowest BCUT2D eigenvalue weighted by Gasteiger charge is -2.09. The third-order valence-corrected chi connectivity index (χ3v) is 3.75. The summed E-state index contributed by atoms with van der Waals surface area (Å²) in [5.41, 5.74) is 1.40. The summed E-state index contributed by atoms with van der Waals surface area (Å²) >= 11 is 0. The van der Waals surface area contributed by atoms with Gasteiger partial charge in [-0.05, 0) is 47.5 Å². The van der Waals surface area contributed by atoms with Gasteiger partial charge in [0, 0.05) is 6.08 Å². The van der Waals surface area contributed by atoms with Crippen LogP contribution in [-0.4, -0.2) is 44.1 Å². The highest BCUT2D eigenvalue weighted by atomic mass is 16.5. The highest BCUT2D eigenvalue weighted by Crippen LogP contribution is 2.37. The molecule has 0 aliphatic rings. The molecule has 0 saturated heterocycles. The van der Waals surface area contributed by atoms with Crippen molar-refractivity contribution in [2.75, 3.05) is 27.9 Å². The molecule has 0 saturated carbocycles. The van der Waals surface area contributed by atoms with Crippen LogP contribution in [0.5, 0.6) is 28.7 Å². The van der Waals surface area contributed by atoms with Gasteiger partial charge in [0.05, 0.1) is 21.3 Å². The molecule has 0 amide bonds. The average Bonchev–Trinajstić information content (AvgIpc) is 2.71. The molecule has 2 rings (SSSR count). The minimum atomic E-state index is -0.529. The van der Waals surface area contributed by atoms with Crippen molar-refractivity contribution in [1.82, 2.24) is 0 Å². The smallest absolute Gasteiger partial charge is 0.331 e. The van der Waals surface area contributed by atoms with E-state index in [9.17, 15) is 15.0 Å². The summed E-state index contributed by atoms with van der Waals surface area (Å²) in [6.45, 7) is 0.0780. The molecule has 0 heterocycles. The van der Waals surface area contributed by atoms with Crippen LogP contribution in [-0.2, 0) is 9.53 Å². The molecule has 2 aromatic rings. The Labute approximate surface area is 163 Å².